The molecular weight excluding hydrogens is 208 g/mol. The van der Waals surface area contributed by atoms with Crippen LogP contribution in [0, 0.1) is 0 Å². The summed E-state index contributed by atoms with van der Waals surface area (Å²) in [6.07, 6.45) is 4.32. The summed E-state index contributed by atoms with van der Waals surface area (Å²) < 4.78 is 0. The van der Waals surface area contributed by atoms with Crippen LogP contribution in [0.5, 0.6) is 0 Å². The average Bonchev–Trinajstić information content (AvgIpc) is 2.40. The van der Waals surface area contributed by atoms with E-state index in [9.17, 15) is 0 Å². The topological polar surface area (TPSA) is 20.2 Å². The smallest absolute Gasteiger partial charge is 0.0609 e. The van der Waals surface area contributed by atoms with Crippen LogP contribution < -0.4 is 0 Å². The standard InChI is InChI=1S/C13H12.C3H6O/c1-2-6-11-8-5-9-12-7-3-4-10-13(11)12;1-2-3-4/h2-5,7-10H,1,6H2;2,4H,1,3H2. The molecule has 0 saturated carbocycles. The first-order chi connectivity index (χ1) is 8.33. The van der Waals surface area contributed by atoms with Gasteiger partial charge in [-0.15, -0.1) is 13.2 Å². The molecule has 0 amide bonds. The Morgan fingerprint density at radius 3 is 2.24 bits per heavy atom. The molecule has 1 nitrogen and oxygen atoms in total. The van der Waals surface area contributed by atoms with Gasteiger partial charge in [0, 0.05) is 0 Å². The van der Waals surface area contributed by atoms with Crippen molar-refractivity contribution in [2.24, 2.45) is 0 Å². The van der Waals surface area contributed by atoms with Crippen molar-refractivity contribution in [2.75, 3.05) is 6.61 Å². The molecule has 17 heavy (non-hydrogen) atoms. The van der Waals surface area contributed by atoms with Gasteiger partial charge in [-0.2, -0.15) is 0 Å². The summed E-state index contributed by atoms with van der Waals surface area (Å²) in [6, 6.07) is 14.8. The van der Waals surface area contributed by atoms with Gasteiger partial charge in [0.15, 0.2) is 0 Å². The number of hydrogen-bond donors (Lipinski definition) is 1. The third-order valence-electron chi connectivity index (χ3n) is 2.37. The summed E-state index contributed by atoms with van der Waals surface area (Å²) in [5.41, 5.74) is 1.35. The molecule has 0 bridgehead atoms. The van der Waals surface area contributed by atoms with Crippen LogP contribution in [0.25, 0.3) is 10.8 Å². The number of aliphatic hydroxyl groups excluding tert-OH is 1. The van der Waals surface area contributed by atoms with Crippen LogP contribution in [0.4, 0.5) is 0 Å². The fourth-order valence-corrected chi connectivity index (χ4v) is 1.63. The van der Waals surface area contributed by atoms with Gasteiger partial charge in [-0.05, 0) is 22.8 Å². The molecule has 0 saturated heterocycles. The minimum Gasteiger partial charge on any atom is -0.392 e. The molecule has 2 rings (SSSR count). The summed E-state index contributed by atoms with van der Waals surface area (Å²) in [4.78, 5) is 0. The molecule has 0 unspecified atom stereocenters. The molecule has 0 aromatic heterocycles. The molecule has 0 fully saturated rings. The van der Waals surface area contributed by atoms with E-state index in [1.165, 1.54) is 22.4 Å². The maximum Gasteiger partial charge on any atom is 0.0609 e. The van der Waals surface area contributed by atoms with Gasteiger partial charge in [0.05, 0.1) is 6.61 Å². The van der Waals surface area contributed by atoms with Crippen LogP contribution in [0.15, 0.2) is 67.8 Å². The van der Waals surface area contributed by atoms with E-state index < -0.39 is 0 Å². The van der Waals surface area contributed by atoms with E-state index in [2.05, 4.69) is 55.6 Å². The molecule has 0 radical (unpaired) electrons. The molecule has 88 valence electrons. The van der Waals surface area contributed by atoms with Crippen molar-refractivity contribution in [3.05, 3.63) is 73.3 Å². The van der Waals surface area contributed by atoms with Gasteiger partial charge in [0.2, 0.25) is 0 Å². The van der Waals surface area contributed by atoms with E-state index in [0.717, 1.165) is 6.42 Å². The number of rotatable bonds is 3. The Balaban J connectivity index is 0.000000317. The number of fused-ring (bicyclic) bond motifs is 1. The van der Waals surface area contributed by atoms with Gasteiger partial charge in [0.1, 0.15) is 0 Å². The molecule has 0 aliphatic rings. The zero-order valence-corrected chi connectivity index (χ0v) is 9.97. The summed E-state index contributed by atoms with van der Waals surface area (Å²) in [5, 5.41) is 10.4. The van der Waals surface area contributed by atoms with Crippen molar-refractivity contribution in [2.45, 2.75) is 6.42 Å². The van der Waals surface area contributed by atoms with Gasteiger partial charge in [0.25, 0.3) is 0 Å². The highest BCUT2D eigenvalue weighted by atomic mass is 16.2. The zero-order chi connectivity index (χ0) is 12.5. The first kappa shape index (κ1) is 13.2. The molecule has 0 aliphatic carbocycles. The molecule has 0 atom stereocenters. The van der Waals surface area contributed by atoms with Crippen molar-refractivity contribution in [1.82, 2.24) is 0 Å². The predicted molar refractivity (Wildman–Crippen MR) is 75.1 cm³/mol. The van der Waals surface area contributed by atoms with Crippen LogP contribution in [-0.4, -0.2) is 11.7 Å². The first-order valence-corrected chi connectivity index (χ1v) is 5.62. The summed E-state index contributed by atoms with van der Waals surface area (Å²) in [7, 11) is 0. The maximum absolute atomic E-state index is 7.76. The maximum atomic E-state index is 7.76. The number of aliphatic hydroxyl groups is 1. The Labute approximate surface area is 103 Å². The second kappa shape index (κ2) is 7.42. The molecule has 1 N–H and O–H groups in total. The zero-order valence-electron chi connectivity index (χ0n) is 9.97. The van der Waals surface area contributed by atoms with E-state index in [-0.39, 0.29) is 6.61 Å². The van der Waals surface area contributed by atoms with Gasteiger partial charge in [-0.3, -0.25) is 0 Å². The Kier molecular flexibility index (Phi) is 5.76. The normalized spacial score (nSPS) is 9.24. The minimum atomic E-state index is 0.0833. The largest absolute Gasteiger partial charge is 0.392 e. The van der Waals surface area contributed by atoms with E-state index in [1.54, 1.807) is 0 Å². The second-order valence-electron chi connectivity index (χ2n) is 3.60. The highest BCUT2D eigenvalue weighted by molar-refractivity contribution is 5.85. The van der Waals surface area contributed by atoms with Crippen LogP contribution in [0.1, 0.15) is 5.56 Å². The fourth-order valence-electron chi connectivity index (χ4n) is 1.63. The quantitative estimate of drug-likeness (QED) is 0.791. The lowest BCUT2D eigenvalue weighted by Gasteiger charge is -2.02. The minimum absolute atomic E-state index is 0.0833. The Bertz CT molecular complexity index is 480. The lowest BCUT2D eigenvalue weighted by molar-refractivity contribution is 0.343. The van der Waals surface area contributed by atoms with Gasteiger partial charge >= 0.3 is 0 Å². The summed E-state index contributed by atoms with van der Waals surface area (Å²) in [6.45, 7) is 7.08. The number of hydrogen-bond acceptors (Lipinski definition) is 1. The van der Waals surface area contributed by atoms with Crippen molar-refractivity contribution in [1.29, 1.82) is 0 Å². The predicted octanol–water partition coefficient (Wildman–Crippen LogP) is 3.73. The van der Waals surface area contributed by atoms with Crippen LogP contribution >= 0.6 is 0 Å². The van der Waals surface area contributed by atoms with E-state index in [1.807, 2.05) is 6.08 Å². The van der Waals surface area contributed by atoms with Crippen molar-refractivity contribution >= 4 is 10.8 Å². The van der Waals surface area contributed by atoms with E-state index in [0.29, 0.717) is 0 Å². The molecule has 0 aliphatic heterocycles. The van der Waals surface area contributed by atoms with Crippen molar-refractivity contribution < 1.29 is 5.11 Å². The number of allylic oxidation sites excluding steroid dienone is 1. The number of benzene rings is 2. The van der Waals surface area contributed by atoms with Crippen molar-refractivity contribution in [3.63, 3.8) is 0 Å². The van der Waals surface area contributed by atoms with Gasteiger partial charge < -0.3 is 5.11 Å². The SMILES string of the molecule is C=CCO.C=CCc1cccc2ccccc12. The van der Waals surface area contributed by atoms with Gasteiger partial charge in [-0.25, -0.2) is 0 Å². The lowest BCUT2D eigenvalue weighted by Crippen LogP contribution is -1.82. The molecule has 2 aromatic rings. The second-order valence-corrected chi connectivity index (χ2v) is 3.60. The lowest BCUT2D eigenvalue weighted by atomic mass is 10.0. The fraction of sp³-hybridized carbons (Fsp3) is 0.125. The Morgan fingerprint density at radius 2 is 1.59 bits per heavy atom. The molecule has 0 spiro atoms. The summed E-state index contributed by atoms with van der Waals surface area (Å²) in [5.74, 6) is 0. The molecule has 2 aromatic carbocycles. The Hall–Kier alpha value is -1.86. The highest BCUT2D eigenvalue weighted by Gasteiger charge is 1.96. The third kappa shape index (κ3) is 3.89. The monoisotopic (exact) mass is 226 g/mol. The summed E-state index contributed by atoms with van der Waals surface area (Å²) >= 11 is 0. The molecule has 0 heterocycles. The average molecular weight is 226 g/mol. The van der Waals surface area contributed by atoms with E-state index in [4.69, 9.17) is 5.11 Å². The van der Waals surface area contributed by atoms with E-state index >= 15 is 0 Å². The van der Waals surface area contributed by atoms with Crippen LogP contribution in [-0.2, 0) is 6.42 Å². The highest BCUT2D eigenvalue weighted by Crippen LogP contribution is 2.18. The Morgan fingerprint density at radius 1 is 0.941 bits per heavy atom. The molecular formula is C16H18O. The first-order valence-electron chi connectivity index (χ1n) is 5.62. The van der Waals surface area contributed by atoms with Crippen LogP contribution in [0.3, 0.4) is 0 Å². The van der Waals surface area contributed by atoms with Crippen LogP contribution in [0.2, 0.25) is 0 Å². The third-order valence-corrected chi connectivity index (χ3v) is 2.37. The van der Waals surface area contributed by atoms with Crippen molar-refractivity contribution in [3.8, 4) is 0 Å². The molecule has 1 heteroatoms. The van der Waals surface area contributed by atoms with Gasteiger partial charge in [-0.1, -0.05) is 54.6 Å².